The van der Waals surface area contributed by atoms with Crippen molar-refractivity contribution in [3.8, 4) is 0 Å². The molecule has 1 N–H and O–H groups in total. The summed E-state index contributed by atoms with van der Waals surface area (Å²) < 4.78 is 0.847. The fourth-order valence-electron chi connectivity index (χ4n) is 2.42. The molecule has 0 bridgehead atoms. The van der Waals surface area contributed by atoms with Gasteiger partial charge in [0.2, 0.25) is 0 Å². The summed E-state index contributed by atoms with van der Waals surface area (Å²) in [5.74, 6) is 0.123. The minimum Gasteiger partial charge on any atom is -0.312 e. The molecule has 0 amide bonds. The van der Waals surface area contributed by atoms with Gasteiger partial charge in [0.05, 0.1) is 16.8 Å². The van der Waals surface area contributed by atoms with Gasteiger partial charge in [-0.2, -0.15) is 0 Å². The highest BCUT2D eigenvalue weighted by Gasteiger charge is 2.17. The molecular weight excluding hydrogens is 274 g/mol. The smallest absolute Gasteiger partial charge is 0.305 e. The van der Waals surface area contributed by atoms with Crippen molar-refractivity contribution in [1.29, 1.82) is 0 Å². The predicted molar refractivity (Wildman–Crippen MR) is 80.7 cm³/mol. The molecule has 106 valence electrons. The van der Waals surface area contributed by atoms with Crippen molar-refractivity contribution in [1.82, 2.24) is 14.8 Å². The first kappa shape index (κ1) is 13.5. The number of aromatic amines is 1. The van der Waals surface area contributed by atoms with Crippen LogP contribution < -0.4 is 4.87 Å². The summed E-state index contributed by atoms with van der Waals surface area (Å²) in [6, 6.07) is 5.42. The first-order chi connectivity index (χ1) is 9.61. The SMILES string of the molecule is CN1CCN(CC(=O)c2ccc3[nH]c(=O)sc3c2)CC1. The quantitative estimate of drug-likeness (QED) is 0.858. The fraction of sp³-hybridized carbons (Fsp3) is 0.429. The summed E-state index contributed by atoms with van der Waals surface area (Å²) in [6.45, 7) is 4.33. The van der Waals surface area contributed by atoms with Crippen molar-refractivity contribution in [2.24, 2.45) is 0 Å². The first-order valence-electron chi connectivity index (χ1n) is 6.69. The molecule has 0 spiro atoms. The highest BCUT2D eigenvalue weighted by molar-refractivity contribution is 7.16. The molecule has 1 aromatic carbocycles. The maximum absolute atomic E-state index is 12.3. The van der Waals surface area contributed by atoms with Crippen molar-refractivity contribution in [3.63, 3.8) is 0 Å². The largest absolute Gasteiger partial charge is 0.312 e. The van der Waals surface area contributed by atoms with E-state index in [1.54, 1.807) is 6.07 Å². The van der Waals surface area contributed by atoms with E-state index in [1.807, 2.05) is 12.1 Å². The Bertz CT molecular complexity index is 683. The normalized spacial score (nSPS) is 17.6. The lowest BCUT2D eigenvalue weighted by Crippen LogP contribution is -2.46. The summed E-state index contributed by atoms with van der Waals surface area (Å²) >= 11 is 1.15. The van der Waals surface area contributed by atoms with E-state index >= 15 is 0 Å². The minimum atomic E-state index is -0.0799. The van der Waals surface area contributed by atoms with Crippen LogP contribution in [-0.2, 0) is 0 Å². The van der Waals surface area contributed by atoms with Gasteiger partial charge >= 0.3 is 4.87 Å². The molecule has 3 rings (SSSR count). The van der Waals surface area contributed by atoms with Crippen molar-refractivity contribution < 1.29 is 4.79 Å². The third-order valence-electron chi connectivity index (χ3n) is 3.71. The molecule has 1 aromatic heterocycles. The monoisotopic (exact) mass is 291 g/mol. The Labute approximate surface area is 120 Å². The second kappa shape index (κ2) is 5.47. The molecule has 0 aliphatic carbocycles. The number of ketones is 1. The molecule has 6 heteroatoms. The number of likely N-dealkylation sites (N-methyl/N-ethyl adjacent to an activating group) is 1. The zero-order valence-electron chi connectivity index (χ0n) is 11.4. The molecule has 0 unspecified atom stereocenters. The molecule has 2 aromatic rings. The van der Waals surface area contributed by atoms with E-state index in [9.17, 15) is 9.59 Å². The van der Waals surface area contributed by atoms with Crippen molar-refractivity contribution >= 4 is 27.3 Å². The van der Waals surface area contributed by atoms with E-state index in [1.165, 1.54) is 0 Å². The van der Waals surface area contributed by atoms with E-state index in [4.69, 9.17) is 0 Å². The molecule has 20 heavy (non-hydrogen) atoms. The lowest BCUT2D eigenvalue weighted by atomic mass is 10.1. The lowest BCUT2D eigenvalue weighted by molar-refractivity contribution is 0.0876. The van der Waals surface area contributed by atoms with Crippen LogP contribution in [0.4, 0.5) is 0 Å². The Balaban J connectivity index is 1.73. The van der Waals surface area contributed by atoms with Gasteiger partial charge in [-0.05, 0) is 25.2 Å². The summed E-state index contributed by atoms with van der Waals surface area (Å²) in [5, 5.41) is 0. The third-order valence-corrected chi connectivity index (χ3v) is 4.55. The van der Waals surface area contributed by atoms with Crippen molar-refractivity contribution in [2.45, 2.75) is 0 Å². The standard InChI is InChI=1S/C14H17N3O2S/c1-16-4-6-17(7-5-16)9-12(18)10-2-3-11-13(8-10)20-14(19)15-11/h2-3,8H,4-7,9H2,1H3,(H,15,19). The molecule has 5 nitrogen and oxygen atoms in total. The van der Waals surface area contributed by atoms with Gasteiger partial charge in [-0.3, -0.25) is 14.5 Å². The lowest BCUT2D eigenvalue weighted by Gasteiger charge is -2.31. The first-order valence-corrected chi connectivity index (χ1v) is 7.50. The molecule has 1 fully saturated rings. The van der Waals surface area contributed by atoms with Crippen LogP contribution in [-0.4, -0.2) is 60.3 Å². The van der Waals surface area contributed by atoms with Gasteiger partial charge in [-0.1, -0.05) is 11.3 Å². The second-order valence-electron chi connectivity index (χ2n) is 5.23. The van der Waals surface area contributed by atoms with Crippen LogP contribution in [0.2, 0.25) is 0 Å². The number of carbonyl (C=O) groups is 1. The number of H-pyrrole nitrogens is 1. The van der Waals surface area contributed by atoms with Gasteiger partial charge in [0.15, 0.2) is 5.78 Å². The van der Waals surface area contributed by atoms with E-state index in [0.717, 1.165) is 47.7 Å². The van der Waals surface area contributed by atoms with Crippen molar-refractivity contribution in [2.75, 3.05) is 39.8 Å². The van der Waals surface area contributed by atoms with Gasteiger partial charge in [-0.25, -0.2) is 0 Å². The number of hydrogen-bond acceptors (Lipinski definition) is 5. The van der Waals surface area contributed by atoms with Gasteiger partial charge in [0.1, 0.15) is 0 Å². The van der Waals surface area contributed by atoms with Crippen LogP contribution in [0.1, 0.15) is 10.4 Å². The number of aromatic nitrogens is 1. The highest BCUT2D eigenvalue weighted by Crippen LogP contribution is 2.17. The molecule has 0 saturated carbocycles. The average molecular weight is 291 g/mol. The van der Waals surface area contributed by atoms with Crippen molar-refractivity contribution in [3.05, 3.63) is 33.4 Å². The average Bonchev–Trinajstić information content (AvgIpc) is 2.80. The number of thiazole rings is 1. The molecular formula is C14H17N3O2S. The number of carbonyl (C=O) groups excluding carboxylic acids is 1. The number of rotatable bonds is 3. The zero-order valence-corrected chi connectivity index (χ0v) is 12.2. The maximum Gasteiger partial charge on any atom is 0.305 e. The molecule has 0 atom stereocenters. The van der Waals surface area contributed by atoms with Crippen LogP contribution in [0.25, 0.3) is 10.2 Å². The summed E-state index contributed by atoms with van der Waals surface area (Å²) in [6.07, 6.45) is 0. The Morgan fingerprint density at radius 2 is 2.05 bits per heavy atom. The van der Waals surface area contributed by atoms with Gasteiger partial charge in [0, 0.05) is 31.7 Å². The van der Waals surface area contributed by atoms with E-state index in [2.05, 4.69) is 21.8 Å². The van der Waals surface area contributed by atoms with E-state index in [0.29, 0.717) is 12.1 Å². The van der Waals surface area contributed by atoms with Crippen LogP contribution >= 0.6 is 11.3 Å². The molecule has 1 aliphatic rings. The van der Waals surface area contributed by atoms with E-state index < -0.39 is 0 Å². The number of fused-ring (bicyclic) bond motifs is 1. The van der Waals surface area contributed by atoms with E-state index in [-0.39, 0.29) is 10.7 Å². The minimum absolute atomic E-state index is 0.0799. The topological polar surface area (TPSA) is 56.4 Å². The van der Waals surface area contributed by atoms with Gasteiger partial charge in [-0.15, -0.1) is 0 Å². The fourth-order valence-corrected chi connectivity index (χ4v) is 3.19. The van der Waals surface area contributed by atoms with Crippen LogP contribution in [0.15, 0.2) is 23.0 Å². The Kier molecular flexibility index (Phi) is 3.69. The summed E-state index contributed by atoms with van der Waals surface area (Å²) in [5.41, 5.74) is 1.49. The molecule has 1 aliphatic heterocycles. The van der Waals surface area contributed by atoms with Gasteiger partial charge < -0.3 is 9.88 Å². The number of hydrogen-bond donors (Lipinski definition) is 1. The summed E-state index contributed by atoms with van der Waals surface area (Å²) in [4.78, 5) is 30.7. The Morgan fingerprint density at radius 1 is 1.30 bits per heavy atom. The molecule has 1 saturated heterocycles. The molecule has 0 radical (unpaired) electrons. The number of nitrogens with one attached hydrogen (secondary N) is 1. The van der Waals surface area contributed by atoms with Crippen LogP contribution in [0.3, 0.4) is 0 Å². The Hall–Kier alpha value is -1.50. The van der Waals surface area contributed by atoms with Gasteiger partial charge in [0.25, 0.3) is 0 Å². The van der Waals surface area contributed by atoms with Crippen LogP contribution in [0.5, 0.6) is 0 Å². The number of Topliss-reactive ketones (excluding diaryl/α,β-unsaturated/α-hetero) is 1. The number of piperazine rings is 1. The zero-order chi connectivity index (χ0) is 14.1. The predicted octanol–water partition coefficient (Wildman–Crippen LogP) is 1.02. The highest BCUT2D eigenvalue weighted by atomic mass is 32.1. The number of nitrogens with zero attached hydrogens (tertiary/aromatic N) is 2. The third kappa shape index (κ3) is 2.82. The number of benzene rings is 1. The Morgan fingerprint density at radius 3 is 2.80 bits per heavy atom. The second-order valence-corrected chi connectivity index (χ2v) is 6.24. The maximum atomic E-state index is 12.3. The summed E-state index contributed by atoms with van der Waals surface area (Å²) in [7, 11) is 2.10. The molecule has 2 heterocycles. The van der Waals surface area contributed by atoms with Crippen LogP contribution in [0, 0.1) is 0 Å².